The molecule has 0 amide bonds. The highest BCUT2D eigenvalue weighted by molar-refractivity contribution is 7.99. The lowest BCUT2D eigenvalue weighted by atomic mass is 9.92. The van der Waals surface area contributed by atoms with Crippen LogP contribution in [0.1, 0.15) is 13.8 Å². The van der Waals surface area contributed by atoms with Gasteiger partial charge in [0.25, 0.3) is 0 Å². The maximum Gasteiger partial charge on any atom is 0.137 e. The molecule has 0 aliphatic carbocycles. The molecule has 4 heteroatoms. The first-order valence-electron chi connectivity index (χ1n) is 9.41. The molecule has 0 spiro atoms. The van der Waals surface area contributed by atoms with Crippen molar-refractivity contribution in [1.82, 2.24) is 0 Å². The van der Waals surface area contributed by atoms with Gasteiger partial charge in [-0.2, -0.15) is 0 Å². The van der Waals surface area contributed by atoms with Gasteiger partial charge >= 0.3 is 0 Å². The van der Waals surface area contributed by atoms with E-state index in [2.05, 4.69) is 26.0 Å². The van der Waals surface area contributed by atoms with Gasteiger partial charge in [-0.25, -0.2) is 0 Å². The number of benzene rings is 4. The van der Waals surface area contributed by atoms with Crippen molar-refractivity contribution in [3.63, 3.8) is 0 Å². The van der Waals surface area contributed by atoms with E-state index in [9.17, 15) is 10.2 Å². The Kier molecular flexibility index (Phi) is 5.42. The number of phenols is 2. The van der Waals surface area contributed by atoms with Crippen molar-refractivity contribution in [2.45, 2.75) is 23.6 Å². The lowest BCUT2D eigenvalue weighted by Crippen LogP contribution is -1.91. The Morgan fingerprint density at radius 2 is 1.04 bits per heavy atom. The van der Waals surface area contributed by atoms with Crippen LogP contribution in [0.3, 0.4) is 0 Å². The molecule has 0 heterocycles. The molecule has 4 rings (SSSR count). The number of aromatic hydroxyl groups is 2. The molecule has 0 unspecified atom stereocenters. The average Bonchev–Trinajstić information content (AvgIpc) is 2.71. The minimum absolute atomic E-state index is 0.240. The molecule has 0 saturated heterocycles. The Morgan fingerprint density at radius 1 is 0.643 bits per heavy atom. The Hall–Kier alpha value is -2.30. The van der Waals surface area contributed by atoms with Gasteiger partial charge in [0, 0.05) is 11.1 Å². The summed E-state index contributed by atoms with van der Waals surface area (Å²) >= 11 is 3.23. The fourth-order valence-corrected chi connectivity index (χ4v) is 5.18. The number of thioether (sulfide) groups is 2. The van der Waals surface area contributed by atoms with Crippen molar-refractivity contribution < 1.29 is 10.2 Å². The Balaban J connectivity index is 2.17. The van der Waals surface area contributed by atoms with Gasteiger partial charge in [0.05, 0.1) is 9.79 Å². The summed E-state index contributed by atoms with van der Waals surface area (Å²) in [5, 5.41) is 26.5. The number of hydrogen-bond donors (Lipinski definition) is 2. The number of hydrogen-bond acceptors (Lipinski definition) is 4. The summed E-state index contributed by atoms with van der Waals surface area (Å²) in [5.41, 5.74) is 1.42. The van der Waals surface area contributed by atoms with Gasteiger partial charge in [-0.1, -0.05) is 62.4 Å². The van der Waals surface area contributed by atoms with Crippen molar-refractivity contribution in [3.05, 3.63) is 60.7 Å². The molecule has 2 nitrogen and oxygen atoms in total. The van der Waals surface area contributed by atoms with Crippen LogP contribution in [0.5, 0.6) is 11.5 Å². The largest absolute Gasteiger partial charge is 0.506 e. The van der Waals surface area contributed by atoms with Crippen LogP contribution in [0.2, 0.25) is 0 Å². The first-order chi connectivity index (χ1) is 13.7. The van der Waals surface area contributed by atoms with Crippen molar-refractivity contribution in [1.29, 1.82) is 0 Å². The summed E-state index contributed by atoms with van der Waals surface area (Å²) in [6.07, 6.45) is 0. The quantitative estimate of drug-likeness (QED) is 0.341. The molecular weight excluding hydrogens is 384 g/mol. The molecular formula is C24H22O2S2. The highest BCUT2D eigenvalue weighted by Crippen LogP contribution is 2.50. The zero-order valence-corrected chi connectivity index (χ0v) is 17.5. The number of phenolic OH excluding ortho intramolecular Hbond substituents is 2. The smallest absolute Gasteiger partial charge is 0.137 e. The topological polar surface area (TPSA) is 40.5 Å². The SMILES string of the molecule is CCSc1cc2ccccc2c(-c2c(O)c(SCC)cc3ccccc23)c1O. The van der Waals surface area contributed by atoms with Crippen molar-refractivity contribution in [2.75, 3.05) is 11.5 Å². The summed E-state index contributed by atoms with van der Waals surface area (Å²) in [7, 11) is 0. The second kappa shape index (κ2) is 7.98. The minimum Gasteiger partial charge on any atom is -0.506 e. The third kappa shape index (κ3) is 3.21. The van der Waals surface area contributed by atoms with Crippen molar-refractivity contribution >= 4 is 45.1 Å². The molecule has 0 bridgehead atoms. The summed E-state index contributed by atoms with van der Waals surface area (Å²) in [5.74, 6) is 2.21. The zero-order valence-electron chi connectivity index (χ0n) is 15.9. The Bertz CT molecular complexity index is 1080. The summed E-state index contributed by atoms with van der Waals surface area (Å²) in [6.45, 7) is 4.15. The third-order valence-electron chi connectivity index (χ3n) is 4.82. The van der Waals surface area contributed by atoms with Crippen LogP contribution in [-0.2, 0) is 0 Å². The fourth-order valence-electron chi connectivity index (χ4n) is 3.66. The normalized spacial score (nSPS) is 11.4. The molecule has 0 fully saturated rings. The first kappa shape index (κ1) is 19.0. The molecule has 4 aromatic carbocycles. The molecule has 0 aliphatic rings. The third-order valence-corrected chi connectivity index (χ3v) is 6.65. The van der Waals surface area contributed by atoms with Gasteiger partial charge < -0.3 is 10.2 Å². The molecule has 4 aromatic rings. The zero-order chi connectivity index (χ0) is 19.7. The fraction of sp³-hybridized carbons (Fsp3) is 0.167. The van der Waals surface area contributed by atoms with Crippen LogP contribution in [0.25, 0.3) is 32.7 Å². The molecule has 2 N–H and O–H groups in total. The summed E-state index contributed by atoms with van der Waals surface area (Å²) < 4.78 is 0. The second-order valence-electron chi connectivity index (χ2n) is 6.50. The van der Waals surface area contributed by atoms with E-state index in [1.807, 2.05) is 48.5 Å². The van der Waals surface area contributed by atoms with Crippen LogP contribution < -0.4 is 0 Å². The van der Waals surface area contributed by atoms with E-state index in [0.717, 1.165) is 42.8 Å². The predicted octanol–water partition coefficient (Wildman–Crippen LogP) is 7.30. The van der Waals surface area contributed by atoms with Crippen molar-refractivity contribution in [2.24, 2.45) is 0 Å². The maximum atomic E-state index is 11.2. The van der Waals surface area contributed by atoms with Crippen LogP contribution >= 0.6 is 23.5 Å². The van der Waals surface area contributed by atoms with E-state index in [-0.39, 0.29) is 11.5 Å². The number of rotatable bonds is 5. The Labute approximate surface area is 173 Å². The van der Waals surface area contributed by atoms with E-state index in [1.54, 1.807) is 23.5 Å². The van der Waals surface area contributed by atoms with Gasteiger partial charge in [0.2, 0.25) is 0 Å². The van der Waals surface area contributed by atoms with Crippen LogP contribution in [-0.4, -0.2) is 21.7 Å². The van der Waals surface area contributed by atoms with Gasteiger partial charge in [0.15, 0.2) is 0 Å². The van der Waals surface area contributed by atoms with E-state index >= 15 is 0 Å². The summed E-state index contributed by atoms with van der Waals surface area (Å²) in [6, 6.07) is 20.2. The highest BCUT2D eigenvalue weighted by Gasteiger charge is 2.21. The monoisotopic (exact) mass is 406 g/mol. The van der Waals surface area contributed by atoms with Crippen LogP contribution in [0, 0.1) is 0 Å². The lowest BCUT2D eigenvalue weighted by molar-refractivity contribution is 0.457. The van der Waals surface area contributed by atoms with Crippen LogP contribution in [0.15, 0.2) is 70.5 Å². The van der Waals surface area contributed by atoms with E-state index in [1.165, 1.54) is 0 Å². The molecule has 0 aliphatic heterocycles. The van der Waals surface area contributed by atoms with Gasteiger partial charge in [-0.15, -0.1) is 23.5 Å². The number of fused-ring (bicyclic) bond motifs is 2. The van der Waals surface area contributed by atoms with E-state index in [4.69, 9.17) is 0 Å². The van der Waals surface area contributed by atoms with E-state index in [0.29, 0.717) is 11.1 Å². The second-order valence-corrected chi connectivity index (χ2v) is 9.12. The molecule has 0 saturated carbocycles. The molecule has 0 atom stereocenters. The lowest BCUT2D eigenvalue weighted by Gasteiger charge is -2.18. The molecule has 28 heavy (non-hydrogen) atoms. The van der Waals surface area contributed by atoms with Gasteiger partial charge in [-0.3, -0.25) is 0 Å². The molecule has 142 valence electrons. The minimum atomic E-state index is 0.240. The van der Waals surface area contributed by atoms with E-state index < -0.39 is 0 Å². The average molecular weight is 407 g/mol. The molecule has 0 radical (unpaired) electrons. The predicted molar refractivity (Wildman–Crippen MR) is 123 cm³/mol. The Morgan fingerprint density at radius 3 is 1.43 bits per heavy atom. The standard InChI is InChI=1S/C24H22O2S2/c1-3-27-19-13-15-9-5-7-11-17(15)21(23(19)25)22-18-12-8-6-10-16(18)14-20(24(22)26)28-4-2/h5-14,25-26H,3-4H2,1-2H3. The maximum absolute atomic E-state index is 11.2. The molecule has 0 aromatic heterocycles. The summed E-state index contributed by atoms with van der Waals surface area (Å²) in [4.78, 5) is 1.68. The first-order valence-corrected chi connectivity index (χ1v) is 11.4. The highest BCUT2D eigenvalue weighted by atomic mass is 32.2. The van der Waals surface area contributed by atoms with Gasteiger partial charge in [0.1, 0.15) is 11.5 Å². The van der Waals surface area contributed by atoms with Gasteiger partial charge in [-0.05, 0) is 45.2 Å². The van der Waals surface area contributed by atoms with Crippen LogP contribution in [0.4, 0.5) is 0 Å². The van der Waals surface area contributed by atoms with Crippen molar-refractivity contribution in [3.8, 4) is 22.6 Å².